The summed E-state index contributed by atoms with van der Waals surface area (Å²) in [7, 11) is 0. The van der Waals surface area contributed by atoms with Crippen LogP contribution in [0.1, 0.15) is 19.8 Å². The Morgan fingerprint density at radius 2 is 2.15 bits per heavy atom. The van der Waals surface area contributed by atoms with Gasteiger partial charge in [0.15, 0.2) is 5.11 Å². The molecule has 13 heavy (non-hydrogen) atoms. The summed E-state index contributed by atoms with van der Waals surface area (Å²) < 4.78 is 0. The Morgan fingerprint density at radius 1 is 1.54 bits per heavy atom. The number of nitrogens with one attached hydrogen (secondary N) is 2. The summed E-state index contributed by atoms with van der Waals surface area (Å²) in [6.07, 6.45) is 6.52. The fourth-order valence-corrected chi connectivity index (χ4v) is 1.44. The highest BCUT2D eigenvalue weighted by Crippen LogP contribution is 2.08. The second kappa shape index (κ2) is 5.02. The van der Waals surface area contributed by atoms with Crippen molar-refractivity contribution in [2.24, 2.45) is 0 Å². The third kappa shape index (κ3) is 4.08. The van der Waals surface area contributed by atoms with E-state index in [0.717, 1.165) is 30.1 Å². The SMILES string of the molecule is C=C(C)CNC(=S)NC1CC=CC1. The van der Waals surface area contributed by atoms with Gasteiger partial charge in [-0.2, -0.15) is 0 Å². The van der Waals surface area contributed by atoms with Crippen LogP contribution in [0, 0.1) is 0 Å². The van der Waals surface area contributed by atoms with Gasteiger partial charge in [-0.05, 0) is 32.0 Å². The lowest BCUT2D eigenvalue weighted by atomic mass is 10.2. The third-order valence-corrected chi connectivity index (χ3v) is 2.16. The van der Waals surface area contributed by atoms with Crippen molar-refractivity contribution < 1.29 is 0 Å². The van der Waals surface area contributed by atoms with Crippen molar-refractivity contribution in [3.63, 3.8) is 0 Å². The van der Waals surface area contributed by atoms with E-state index in [1.807, 2.05) is 6.92 Å². The normalized spacial score (nSPS) is 15.8. The van der Waals surface area contributed by atoms with Gasteiger partial charge in [-0.25, -0.2) is 0 Å². The van der Waals surface area contributed by atoms with E-state index in [4.69, 9.17) is 12.2 Å². The van der Waals surface area contributed by atoms with E-state index in [1.54, 1.807) is 0 Å². The van der Waals surface area contributed by atoms with Crippen LogP contribution in [-0.2, 0) is 0 Å². The summed E-state index contributed by atoms with van der Waals surface area (Å²) >= 11 is 5.12. The molecule has 0 amide bonds. The van der Waals surface area contributed by atoms with Crippen LogP contribution in [0.3, 0.4) is 0 Å². The molecule has 2 nitrogen and oxygen atoms in total. The van der Waals surface area contributed by atoms with Gasteiger partial charge in [0, 0.05) is 12.6 Å². The summed E-state index contributed by atoms with van der Waals surface area (Å²) in [6, 6.07) is 0.491. The van der Waals surface area contributed by atoms with Crippen LogP contribution in [0.2, 0.25) is 0 Å². The zero-order chi connectivity index (χ0) is 9.68. The van der Waals surface area contributed by atoms with Crippen LogP contribution in [0.15, 0.2) is 24.3 Å². The monoisotopic (exact) mass is 196 g/mol. The van der Waals surface area contributed by atoms with Crippen molar-refractivity contribution in [2.75, 3.05) is 6.54 Å². The average molecular weight is 196 g/mol. The molecule has 1 aliphatic carbocycles. The summed E-state index contributed by atoms with van der Waals surface area (Å²) in [5.74, 6) is 0. The van der Waals surface area contributed by atoms with Gasteiger partial charge in [0.2, 0.25) is 0 Å². The third-order valence-electron chi connectivity index (χ3n) is 1.89. The van der Waals surface area contributed by atoms with E-state index >= 15 is 0 Å². The lowest BCUT2D eigenvalue weighted by Crippen LogP contribution is -2.41. The first-order valence-electron chi connectivity index (χ1n) is 4.52. The van der Waals surface area contributed by atoms with E-state index in [0.29, 0.717) is 6.04 Å². The minimum absolute atomic E-state index is 0.491. The minimum atomic E-state index is 0.491. The Bertz CT molecular complexity index is 225. The average Bonchev–Trinajstić information content (AvgIpc) is 2.53. The molecule has 0 aliphatic heterocycles. The summed E-state index contributed by atoms with van der Waals surface area (Å²) in [6.45, 7) is 6.53. The maximum Gasteiger partial charge on any atom is 0.166 e. The summed E-state index contributed by atoms with van der Waals surface area (Å²) in [5, 5.41) is 7.09. The van der Waals surface area contributed by atoms with Crippen LogP contribution in [0.4, 0.5) is 0 Å². The zero-order valence-corrected chi connectivity index (χ0v) is 8.79. The number of hydrogen-bond acceptors (Lipinski definition) is 1. The molecule has 0 unspecified atom stereocenters. The van der Waals surface area contributed by atoms with Crippen molar-refractivity contribution in [3.8, 4) is 0 Å². The van der Waals surface area contributed by atoms with Crippen molar-refractivity contribution in [2.45, 2.75) is 25.8 Å². The Morgan fingerprint density at radius 3 is 2.69 bits per heavy atom. The van der Waals surface area contributed by atoms with E-state index in [2.05, 4.69) is 29.4 Å². The molecule has 1 rings (SSSR count). The molecule has 1 aliphatic rings. The molecular formula is C10H16N2S. The first kappa shape index (κ1) is 10.3. The maximum absolute atomic E-state index is 5.12. The smallest absolute Gasteiger partial charge is 0.166 e. The van der Waals surface area contributed by atoms with Gasteiger partial charge in [-0.3, -0.25) is 0 Å². The number of hydrogen-bond donors (Lipinski definition) is 2. The molecule has 2 N–H and O–H groups in total. The molecule has 0 bridgehead atoms. The molecule has 0 aromatic heterocycles. The fraction of sp³-hybridized carbons (Fsp3) is 0.500. The molecule has 0 atom stereocenters. The van der Waals surface area contributed by atoms with Crippen LogP contribution in [-0.4, -0.2) is 17.7 Å². The lowest BCUT2D eigenvalue weighted by Gasteiger charge is -2.15. The Hall–Kier alpha value is -0.830. The van der Waals surface area contributed by atoms with Gasteiger partial charge in [-0.1, -0.05) is 24.3 Å². The fourth-order valence-electron chi connectivity index (χ4n) is 1.20. The van der Waals surface area contributed by atoms with Crippen molar-refractivity contribution in [1.82, 2.24) is 10.6 Å². The largest absolute Gasteiger partial charge is 0.359 e. The molecule has 3 heteroatoms. The van der Waals surface area contributed by atoms with E-state index in [1.165, 1.54) is 0 Å². The Kier molecular flexibility index (Phi) is 3.96. The Balaban J connectivity index is 2.14. The summed E-state index contributed by atoms with van der Waals surface area (Å²) in [4.78, 5) is 0. The standard InChI is InChI=1S/C10H16N2S/c1-8(2)7-11-10(13)12-9-5-3-4-6-9/h3-4,9H,1,5-7H2,2H3,(H2,11,12,13). The van der Waals surface area contributed by atoms with Gasteiger partial charge in [0.1, 0.15) is 0 Å². The highest BCUT2D eigenvalue weighted by molar-refractivity contribution is 7.80. The van der Waals surface area contributed by atoms with Crippen LogP contribution in [0.5, 0.6) is 0 Å². The lowest BCUT2D eigenvalue weighted by molar-refractivity contribution is 0.645. The zero-order valence-electron chi connectivity index (χ0n) is 7.97. The molecule has 0 radical (unpaired) electrons. The number of thiocarbonyl (C=S) groups is 1. The van der Waals surface area contributed by atoms with Gasteiger partial charge in [0.05, 0.1) is 0 Å². The molecule has 0 spiro atoms. The van der Waals surface area contributed by atoms with Gasteiger partial charge in [0.25, 0.3) is 0 Å². The van der Waals surface area contributed by atoms with Gasteiger partial charge >= 0.3 is 0 Å². The first-order chi connectivity index (χ1) is 6.18. The van der Waals surface area contributed by atoms with Crippen LogP contribution >= 0.6 is 12.2 Å². The van der Waals surface area contributed by atoms with Crippen molar-refractivity contribution in [1.29, 1.82) is 0 Å². The topological polar surface area (TPSA) is 24.1 Å². The maximum atomic E-state index is 5.12. The van der Waals surface area contributed by atoms with E-state index in [-0.39, 0.29) is 0 Å². The van der Waals surface area contributed by atoms with Crippen LogP contribution < -0.4 is 10.6 Å². The molecular weight excluding hydrogens is 180 g/mol. The van der Waals surface area contributed by atoms with E-state index < -0.39 is 0 Å². The minimum Gasteiger partial charge on any atom is -0.359 e. The predicted octanol–water partition coefficient (Wildman–Crippen LogP) is 1.75. The highest BCUT2D eigenvalue weighted by atomic mass is 32.1. The van der Waals surface area contributed by atoms with Crippen molar-refractivity contribution >= 4 is 17.3 Å². The molecule has 0 saturated heterocycles. The molecule has 0 aromatic rings. The number of rotatable bonds is 3. The first-order valence-corrected chi connectivity index (χ1v) is 4.93. The quantitative estimate of drug-likeness (QED) is 0.531. The predicted molar refractivity (Wildman–Crippen MR) is 60.7 cm³/mol. The molecule has 0 saturated carbocycles. The summed E-state index contributed by atoms with van der Waals surface area (Å²) in [5.41, 5.74) is 1.09. The highest BCUT2D eigenvalue weighted by Gasteiger charge is 2.10. The molecule has 72 valence electrons. The second-order valence-electron chi connectivity index (χ2n) is 3.42. The molecule has 0 heterocycles. The van der Waals surface area contributed by atoms with Crippen molar-refractivity contribution in [3.05, 3.63) is 24.3 Å². The molecule has 0 fully saturated rings. The van der Waals surface area contributed by atoms with Gasteiger partial charge < -0.3 is 10.6 Å². The Labute approximate surface area is 85.1 Å². The second-order valence-corrected chi connectivity index (χ2v) is 3.83. The molecule has 0 aromatic carbocycles. The van der Waals surface area contributed by atoms with Gasteiger partial charge in [-0.15, -0.1) is 0 Å². The van der Waals surface area contributed by atoms with Crippen LogP contribution in [0.25, 0.3) is 0 Å². The van der Waals surface area contributed by atoms with E-state index in [9.17, 15) is 0 Å².